The maximum Gasteiger partial charge on any atom is 0.351 e. The first kappa shape index (κ1) is 11.8. The Morgan fingerprint density at radius 2 is 2.07 bits per heavy atom. The third-order valence-corrected chi connectivity index (χ3v) is 3.11. The van der Waals surface area contributed by atoms with Crippen LogP contribution in [0.25, 0.3) is 0 Å². The van der Waals surface area contributed by atoms with E-state index in [4.69, 9.17) is 9.47 Å². The van der Waals surface area contributed by atoms with Crippen LogP contribution in [-0.2, 0) is 19.1 Å². The van der Waals surface area contributed by atoms with Crippen LogP contribution >= 0.6 is 0 Å². The fraction of sp³-hybridized carbons (Fsp3) is 0.636. The topological polar surface area (TPSA) is 52.6 Å². The maximum atomic E-state index is 11.6. The molecule has 2 atom stereocenters. The molecule has 1 aliphatic rings. The van der Waals surface area contributed by atoms with Gasteiger partial charge in [0.2, 0.25) is 5.60 Å². The summed E-state index contributed by atoms with van der Waals surface area (Å²) in [5.74, 6) is -1.32. The standard InChI is InChI=1S/C11H16O4/c1-6-8(12)14-11(5)7(2)10(3,4)15-9(11)13/h6-7H,1H2,2-5H3. The van der Waals surface area contributed by atoms with Gasteiger partial charge in [0.25, 0.3) is 0 Å². The summed E-state index contributed by atoms with van der Waals surface area (Å²) in [5.41, 5.74) is -1.83. The summed E-state index contributed by atoms with van der Waals surface area (Å²) in [6, 6.07) is 0. The highest BCUT2D eigenvalue weighted by Crippen LogP contribution is 2.41. The molecule has 1 rings (SSSR count). The van der Waals surface area contributed by atoms with Crippen LogP contribution in [0.5, 0.6) is 0 Å². The lowest BCUT2D eigenvalue weighted by Gasteiger charge is -2.28. The zero-order valence-electron chi connectivity index (χ0n) is 9.49. The Morgan fingerprint density at radius 3 is 2.40 bits per heavy atom. The number of rotatable bonds is 2. The van der Waals surface area contributed by atoms with Gasteiger partial charge >= 0.3 is 11.9 Å². The van der Waals surface area contributed by atoms with Gasteiger partial charge in [0, 0.05) is 12.0 Å². The summed E-state index contributed by atoms with van der Waals surface area (Å²) in [4.78, 5) is 22.8. The van der Waals surface area contributed by atoms with Gasteiger partial charge < -0.3 is 9.47 Å². The van der Waals surface area contributed by atoms with Crippen LogP contribution < -0.4 is 0 Å². The van der Waals surface area contributed by atoms with Crippen molar-refractivity contribution in [3.05, 3.63) is 12.7 Å². The largest absolute Gasteiger partial charge is 0.456 e. The second kappa shape index (κ2) is 3.36. The number of cyclic esters (lactones) is 1. The minimum absolute atomic E-state index is 0.207. The second-order valence-electron chi connectivity index (χ2n) is 4.45. The van der Waals surface area contributed by atoms with Crippen molar-refractivity contribution in [1.29, 1.82) is 0 Å². The summed E-state index contributed by atoms with van der Waals surface area (Å²) in [5, 5.41) is 0. The third-order valence-electron chi connectivity index (χ3n) is 3.11. The molecule has 0 radical (unpaired) electrons. The fourth-order valence-corrected chi connectivity index (χ4v) is 1.65. The Hall–Kier alpha value is -1.32. The predicted octanol–water partition coefficient (Wildman–Crippen LogP) is 1.45. The minimum atomic E-state index is -1.21. The van der Waals surface area contributed by atoms with Crippen LogP contribution in [0.15, 0.2) is 12.7 Å². The molecular weight excluding hydrogens is 196 g/mol. The molecule has 1 aliphatic heterocycles. The van der Waals surface area contributed by atoms with Gasteiger partial charge in [0.1, 0.15) is 5.60 Å². The van der Waals surface area contributed by atoms with E-state index in [1.807, 2.05) is 6.92 Å². The average molecular weight is 212 g/mol. The van der Waals surface area contributed by atoms with Crippen molar-refractivity contribution in [3.8, 4) is 0 Å². The summed E-state index contributed by atoms with van der Waals surface area (Å²) < 4.78 is 10.2. The molecule has 0 aromatic carbocycles. The quantitative estimate of drug-likeness (QED) is 0.513. The van der Waals surface area contributed by atoms with Gasteiger partial charge in [-0.15, -0.1) is 0 Å². The van der Waals surface area contributed by atoms with Crippen LogP contribution in [0.4, 0.5) is 0 Å². The molecular formula is C11H16O4. The van der Waals surface area contributed by atoms with Crippen LogP contribution in [0.3, 0.4) is 0 Å². The van der Waals surface area contributed by atoms with E-state index < -0.39 is 23.1 Å². The molecule has 0 saturated carbocycles. The van der Waals surface area contributed by atoms with Crippen LogP contribution in [0.2, 0.25) is 0 Å². The van der Waals surface area contributed by atoms with Crippen molar-refractivity contribution in [2.24, 2.45) is 5.92 Å². The number of hydrogen-bond donors (Lipinski definition) is 0. The zero-order valence-corrected chi connectivity index (χ0v) is 9.49. The van der Waals surface area contributed by atoms with Crippen molar-refractivity contribution in [2.75, 3.05) is 0 Å². The van der Waals surface area contributed by atoms with E-state index in [1.165, 1.54) is 0 Å². The summed E-state index contributed by atoms with van der Waals surface area (Å²) >= 11 is 0. The molecule has 4 nitrogen and oxygen atoms in total. The van der Waals surface area contributed by atoms with E-state index in [0.717, 1.165) is 6.08 Å². The Balaban J connectivity index is 2.98. The summed E-state index contributed by atoms with van der Waals surface area (Å²) in [6.45, 7) is 10.3. The van der Waals surface area contributed by atoms with E-state index in [-0.39, 0.29) is 5.92 Å². The third kappa shape index (κ3) is 1.76. The molecule has 0 bridgehead atoms. The van der Waals surface area contributed by atoms with Gasteiger partial charge in [0.05, 0.1) is 0 Å². The number of hydrogen-bond acceptors (Lipinski definition) is 4. The van der Waals surface area contributed by atoms with E-state index in [2.05, 4.69) is 6.58 Å². The summed E-state index contributed by atoms with van der Waals surface area (Å²) in [7, 11) is 0. The first-order chi connectivity index (χ1) is 6.74. The molecule has 0 aromatic heterocycles. The lowest BCUT2D eigenvalue weighted by molar-refractivity contribution is -0.170. The lowest BCUT2D eigenvalue weighted by Crippen LogP contribution is -2.43. The molecule has 84 valence electrons. The lowest BCUT2D eigenvalue weighted by atomic mass is 9.82. The maximum absolute atomic E-state index is 11.6. The molecule has 0 N–H and O–H groups in total. The Kier molecular flexibility index (Phi) is 2.63. The molecule has 15 heavy (non-hydrogen) atoms. The molecule has 0 aliphatic carbocycles. The molecule has 1 heterocycles. The minimum Gasteiger partial charge on any atom is -0.456 e. The van der Waals surface area contributed by atoms with Crippen molar-refractivity contribution in [1.82, 2.24) is 0 Å². The van der Waals surface area contributed by atoms with Gasteiger partial charge in [-0.25, -0.2) is 9.59 Å². The van der Waals surface area contributed by atoms with Crippen LogP contribution in [-0.4, -0.2) is 23.1 Å². The molecule has 4 heteroatoms. The second-order valence-corrected chi connectivity index (χ2v) is 4.45. The van der Waals surface area contributed by atoms with Crippen molar-refractivity contribution >= 4 is 11.9 Å². The average Bonchev–Trinajstić information content (AvgIpc) is 2.27. The Morgan fingerprint density at radius 1 is 1.53 bits per heavy atom. The van der Waals surface area contributed by atoms with Gasteiger partial charge in [-0.1, -0.05) is 13.5 Å². The Bertz CT molecular complexity index is 319. The van der Waals surface area contributed by atoms with Crippen molar-refractivity contribution in [2.45, 2.75) is 38.9 Å². The molecule has 1 fully saturated rings. The highest BCUT2D eigenvalue weighted by atomic mass is 16.6. The predicted molar refractivity (Wildman–Crippen MR) is 54.0 cm³/mol. The first-order valence-electron chi connectivity index (χ1n) is 4.83. The van der Waals surface area contributed by atoms with Gasteiger partial charge in [-0.3, -0.25) is 0 Å². The number of esters is 2. The number of ether oxygens (including phenoxy) is 2. The van der Waals surface area contributed by atoms with Gasteiger partial charge in [0.15, 0.2) is 0 Å². The van der Waals surface area contributed by atoms with Crippen molar-refractivity contribution in [3.63, 3.8) is 0 Å². The highest BCUT2D eigenvalue weighted by Gasteiger charge is 2.58. The summed E-state index contributed by atoms with van der Waals surface area (Å²) in [6.07, 6.45) is 1.04. The van der Waals surface area contributed by atoms with E-state index >= 15 is 0 Å². The van der Waals surface area contributed by atoms with E-state index in [9.17, 15) is 9.59 Å². The molecule has 0 aromatic rings. The SMILES string of the molecule is C=CC(=O)OC1(C)C(=O)OC(C)(C)C1C. The molecule has 2 unspecified atom stereocenters. The van der Waals surface area contributed by atoms with Crippen LogP contribution in [0, 0.1) is 5.92 Å². The molecule has 0 amide bonds. The molecule has 0 spiro atoms. The van der Waals surface area contributed by atoms with Crippen molar-refractivity contribution < 1.29 is 19.1 Å². The van der Waals surface area contributed by atoms with E-state index in [0.29, 0.717) is 0 Å². The van der Waals surface area contributed by atoms with E-state index in [1.54, 1.807) is 20.8 Å². The normalized spacial score (nSPS) is 33.3. The zero-order chi connectivity index (χ0) is 11.9. The fourth-order valence-electron chi connectivity index (χ4n) is 1.65. The Labute approximate surface area is 89.2 Å². The van der Waals surface area contributed by atoms with Gasteiger partial charge in [-0.2, -0.15) is 0 Å². The molecule has 1 saturated heterocycles. The smallest absolute Gasteiger partial charge is 0.351 e. The first-order valence-corrected chi connectivity index (χ1v) is 4.83. The number of carbonyl (C=O) groups is 2. The van der Waals surface area contributed by atoms with Crippen LogP contribution in [0.1, 0.15) is 27.7 Å². The number of carbonyl (C=O) groups excluding carboxylic acids is 2. The monoisotopic (exact) mass is 212 g/mol. The highest BCUT2D eigenvalue weighted by molar-refractivity contribution is 5.89. The van der Waals surface area contributed by atoms with Gasteiger partial charge in [-0.05, 0) is 20.8 Å².